The van der Waals surface area contributed by atoms with Crippen LogP contribution in [0.1, 0.15) is 32.1 Å². The second kappa shape index (κ2) is 6.00. The summed E-state index contributed by atoms with van der Waals surface area (Å²) < 4.78 is 0. The zero-order valence-corrected chi connectivity index (χ0v) is 12.4. The molecule has 1 amide bonds. The van der Waals surface area contributed by atoms with Crippen molar-refractivity contribution in [1.82, 2.24) is 9.88 Å². The Kier molecular flexibility index (Phi) is 4.10. The van der Waals surface area contributed by atoms with E-state index in [-0.39, 0.29) is 0 Å². The Morgan fingerprint density at radius 3 is 2.60 bits per heavy atom. The van der Waals surface area contributed by atoms with Crippen LogP contribution in [0.4, 0.5) is 5.82 Å². The molecule has 3 heterocycles. The lowest BCUT2D eigenvalue weighted by Crippen LogP contribution is -2.49. The Labute approximate surface area is 124 Å². The lowest BCUT2D eigenvalue weighted by molar-refractivity contribution is -0.136. The number of aromatic nitrogens is 1. The molecule has 0 saturated carbocycles. The van der Waals surface area contributed by atoms with E-state index >= 15 is 0 Å². The van der Waals surface area contributed by atoms with Gasteiger partial charge in [-0.2, -0.15) is 0 Å². The van der Waals surface area contributed by atoms with Gasteiger partial charge in [-0.15, -0.1) is 0 Å². The molecule has 2 fully saturated rings. The molecule has 0 unspecified atom stereocenters. The van der Waals surface area contributed by atoms with Gasteiger partial charge in [0.1, 0.15) is 5.82 Å². The molecule has 3 rings (SSSR count). The summed E-state index contributed by atoms with van der Waals surface area (Å²) in [6.45, 7) is 2.87. The van der Waals surface area contributed by atoms with Crippen LogP contribution >= 0.6 is 11.6 Å². The maximum absolute atomic E-state index is 12.0. The van der Waals surface area contributed by atoms with Gasteiger partial charge in [0.2, 0.25) is 5.91 Å². The predicted octanol–water partition coefficient (Wildman–Crippen LogP) is 2.72. The maximum Gasteiger partial charge on any atom is 0.222 e. The van der Waals surface area contributed by atoms with Crippen molar-refractivity contribution in [2.45, 2.75) is 38.1 Å². The van der Waals surface area contributed by atoms with Crippen LogP contribution in [0.2, 0.25) is 5.02 Å². The molecule has 0 bridgehead atoms. The Balaban J connectivity index is 1.59. The van der Waals surface area contributed by atoms with Gasteiger partial charge >= 0.3 is 0 Å². The Hall–Kier alpha value is -1.29. The van der Waals surface area contributed by atoms with Crippen LogP contribution in [0.25, 0.3) is 0 Å². The van der Waals surface area contributed by atoms with Crippen molar-refractivity contribution in [2.75, 3.05) is 24.5 Å². The highest BCUT2D eigenvalue weighted by Crippen LogP contribution is 2.24. The molecule has 108 valence electrons. The van der Waals surface area contributed by atoms with Crippen molar-refractivity contribution in [3.8, 4) is 0 Å². The van der Waals surface area contributed by atoms with Crippen molar-refractivity contribution in [1.29, 1.82) is 0 Å². The Morgan fingerprint density at radius 2 is 1.95 bits per heavy atom. The average molecular weight is 294 g/mol. The van der Waals surface area contributed by atoms with Crippen LogP contribution < -0.4 is 4.90 Å². The van der Waals surface area contributed by atoms with Crippen molar-refractivity contribution in [2.24, 2.45) is 0 Å². The number of hydrogen-bond acceptors (Lipinski definition) is 3. The molecular formula is C15H20ClN3O. The number of halogens is 1. The molecule has 0 aromatic carbocycles. The first kappa shape index (κ1) is 13.7. The summed E-state index contributed by atoms with van der Waals surface area (Å²) in [6, 6.07) is 4.27. The van der Waals surface area contributed by atoms with Crippen molar-refractivity contribution >= 4 is 23.3 Å². The quantitative estimate of drug-likeness (QED) is 0.841. The molecule has 0 atom stereocenters. The number of anilines is 1. The van der Waals surface area contributed by atoms with E-state index in [4.69, 9.17) is 11.6 Å². The first-order valence-electron chi connectivity index (χ1n) is 7.40. The van der Waals surface area contributed by atoms with E-state index in [1.165, 1.54) is 0 Å². The van der Waals surface area contributed by atoms with Crippen LogP contribution in [0.15, 0.2) is 18.3 Å². The van der Waals surface area contributed by atoms with Crippen molar-refractivity contribution < 1.29 is 4.79 Å². The molecule has 5 heteroatoms. The second-order valence-corrected chi connectivity index (χ2v) is 6.03. The highest BCUT2D eigenvalue weighted by molar-refractivity contribution is 6.30. The van der Waals surface area contributed by atoms with Crippen LogP contribution in [-0.4, -0.2) is 41.5 Å². The summed E-state index contributed by atoms with van der Waals surface area (Å²) in [7, 11) is 0. The smallest absolute Gasteiger partial charge is 0.222 e. The minimum Gasteiger partial charge on any atom is -0.356 e. The summed E-state index contributed by atoms with van der Waals surface area (Å²) in [6.07, 6.45) is 6.72. The number of rotatable bonds is 2. The Morgan fingerprint density at radius 1 is 1.15 bits per heavy atom. The van der Waals surface area contributed by atoms with Crippen LogP contribution in [0.3, 0.4) is 0 Å². The van der Waals surface area contributed by atoms with Crippen molar-refractivity contribution in [3.05, 3.63) is 23.4 Å². The van der Waals surface area contributed by atoms with Gasteiger partial charge in [-0.25, -0.2) is 4.98 Å². The number of carbonyl (C=O) groups excluding carboxylic acids is 1. The largest absolute Gasteiger partial charge is 0.356 e. The minimum atomic E-state index is 0.347. The van der Waals surface area contributed by atoms with Gasteiger partial charge in [0, 0.05) is 38.3 Å². The summed E-state index contributed by atoms with van der Waals surface area (Å²) in [4.78, 5) is 20.7. The van der Waals surface area contributed by atoms with Gasteiger partial charge in [-0.1, -0.05) is 11.6 Å². The van der Waals surface area contributed by atoms with Crippen molar-refractivity contribution in [3.63, 3.8) is 0 Å². The molecule has 0 radical (unpaired) electrons. The monoisotopic (exact) mass is 293 g/mol. The highest BCUT2D eigenvalue weighted by atomic mass is 35.5. The molecule has 4 nitrogen and oxygen atoms in total. The third kappa shape index (κ3) is 2.90. The standard InChI is InChI=1S/C15H20ClN3O/c16-12-4-5-14(17-11-12)18-9-6-13(7-10-18)19-8-2-1-3-15(19)20/h4-5,11,13H,1-3,6-10H2. The van der Waals surface area contributed by atoms with Crippen LogP contribution in [-0.2, 0) is 4.79 Å². The van der Waals surface area contributed by atoms with E-state index in [0.717, 1.165) is 57.6 Å². The summed E-state index contributed by atoms with van der Waals surface area (Å²) in [5, 5.41) is 0.669. The first-order chi connectivity index (χ1) is 9.74. The van der Waals surface area contributed by atoms with E-state index < -0.39 is 0 Å². The number of likely N-dealkylation sites (tertiary alicyclic amines) is 1. The van der Waals surface area contributed by atoms with Gasteiger partial charge in [-0.05, 0) is 37.8 Å². The second-order valence-electron chi connectivity index (χ2n) is 5.60. The number of amides is 1. The van der Waals surface area contributed by atoms with E-state index in [9.17, 15) is 4.79 Å². The molecule has 1 aromatic rings. The van der Waals surface area contributed by atoms with E-state index in [1.807, 2.05) is 12.1 Å². The molecule has 0 N–H and O–H groups in total. The van der Waals surface area contributed by atoms with Gasteiger partial charge in [-0.3, -0.25) is 4.79 Å². The SMILES string of the molecule is O=C1CCCCN1C1CCN(c2ccc(Cl)cn2)CC1. The van der Waals surface area contributed by atoms with E-state index in [0.29, 0.717) is 17.0 Å². The van der Waals surface area contributed by atoms with Crippen LogP contribution in [0.5, 0.6) is 0 Å². The summed E-state index contributed by atoms with van der Waals surface area (Å²) >= 11 is 5.87. The average Bonchev–Trinajstić information content (AvgIpc) is 2.49. The normalized spacial score (nSPS) is 21.4. The topological polar surface area (TPSA) is 36.4 Å². The number of pyridine rings is 1. The third-order valence-electron chi connectivity index (χ3n) is 4.30. The van der Waals surface area contributed by atoms with E-state index in [1.54, 1.807) is 6.20 Å². The van der Waals surface area contributed by atoms with E-state index in [2.05, 4.69) is 14.8 Å². The molecule has 1 aromatic heterocycles. The van der Waals surface area contributed by atoms with Gasteiger partial charge in [0.25, 0.3) is 0 Å². The molecule has 2 aliphatic heterocycles. The molecule has 0 spiro atoms. The summed E-state index contributed by atoms with van der Waals surface area (Å²) in [5.74, 6) is 1.33. The first-order valence-corrected chi connectivity index (χ1v) is 7.78. The maximum atomic E-state index is 12.0. The van der Waals surface area contributed by atoms with Crippen LogP contribution in [0, 0.1) is 0 Å². The third-order valence-corrected chi connectivity index (χ3v) is 4.52. The molecule has 20 heavy (non-hydrogen) atoms. The summed E-state index contributed by atoms with van der Waals surface area (Å²) in [5.41, 5.74) is 0. The van der Waals surface area contributed by atoms with Gasteiger partial charge in [0.15, 0.2) is 0 Å². The molecule has 2 saturated heterocycles. The fourth-order valence-electron chi connectivity index (χ4n) is 3.17. The molecular weight excluding hydrogens is 274 g/mol. The fraction of sp³-hybridized carbons (Fsp3) is 0.600. The minimum absolute atomic E-state index is 0.347. The zero-order valence-electron chi connectivity index (χ0n) is 11.6. The lowest BCUT2D eigenvalue weighted by Gasteiger charge is -2.40. The number of piperidine rings is 2. The number of hydrogen-bond donors (Lipinski definition) is 0. The van der Waals surface area contributed by atoms with Gasteiger partial charge in [0.05, 0.1) is 5.02 Å². The molecule has 2 aliphatic rings. The highest BCUT2D eigenvalue weighted by Gasteiger charge is 2.29. The van der Waals surface area contributed by atoms with Gasteiger partial charge < -0.3 is 9.80 Å². The number of carbonyl (C=O) groups is 1. The molecule has 0 aliphatic carbocycles. The Bertz CT molecular complexity index is 469. The number of nitrogens with zero attached hydrogens (tertiary/aromatic N) is 3. The predicted molar refractivity (Wildman–Crippen MR) is 80.0 cm³/mol. The fourth-order valence-corrected chi connectivity index (χ4v) is 3.29. The lowest BCUT2D eigenvalue weighted by atomic mass is 9.99. The zero-order chi connectivity index (χ0) is 13.9.